The maximum atomic E-state index is 13.4. The van der Waals surface area contributed by atoms with Gasteiger partial charge in [-0.25, -0.2) is 19.2 Å². The van der Waals surface area contributed by atoms with Crippen molar-refractivity contribution in [2.45, 2.75) is 5.60 Å². The fourth-order valence-electron chi connectivity index (χ4n) is 4.08. The lowest BCUT2D eigenvalue weighted by atomic mass is 10.0. The van der Waals surface area contributed by atoms with E-state index in [9.17, 15) is 14.0 Å². The molecule has 9 nitrogen and oxygen atoms in total. The van der Waals surface area contributed by atoms with Gasteiger partial charge in [-0.3, -0.25) is 9.69 Å². The number of nitrogens with one attached hydrogen (secondary N) is 1. The number of aromatic nitrogens is 2. The second-order valence-electron chi connectivity index (χ2n) is 8.17. The van der Waals surface area contributed by atoms with Crippen LogP contribution in [0.25, 0.3) is 0 Å². The summed E-state index contributed by atoms with van der Waals surface area (Å²) in [5.74, 6) is -0.178. The Kier molecular flexibility index (Phi) is 5.81. The van der Waals surface area contributed by atoms with Crippen molar-refractivity contribution in [2.75, 3.05) is 43.1 Å². The van der Waals surface area contributed by atoms with Crippen LogP contribution in [0.5, 0.6) is 0 Å². The van der Waals surface area contributed by atoms with Crippen LogP contribution in [0, 0.1) is 5.82 Å². The third-order valence-electron chi connectivity index (χ3n) is 5.68. The molecule has 34 heavy (non-hydrogen) atoms. The topological polar surface area (TPSA) is 96.9 Å². The Balaban J connectivity index is 1.33. The zero-order valence-electron chi connectivity index (χ0n) is 18.2. The summed E-state index contributed by atoms with van der Waals surface area (Å²) in [6.07, 6.45) is 2.69. The molecule has 0 aliphatic carbocycles. The number of rotatable bonds is 4. The van der Waals surface area contributed by atoms with Crippen molar-refractivity contribution in [3.05, 3.63) is 78.4 Å². The normalized spacial score (nSPS) is 20.2. The first kappa shape index (κ1) is 21.8. The zero-order chi connectivity index (χ0) is 23.5. The molecule has 0 radical (unpaired) electrons. The monoisotopic (exact) mass is 463 g/mol. The molecule has 2 aliphatic heterocycles. The molecule has 1 atom stereocenters. The van der Waals surface area contributed by atoms with Crippen LogP contribution in [-0.2, 0) is 9.47 Å². The molecule has 2 aromatic carbocycles. The van der Waals surface area contributed by atoms with Crippen LogP contribution >= 0.6 is 0 Å². The Morgan fingerprint density at radius 1 is 1.06 bits per heavy atom. The summed E-state index contributed by atoms with van der Waals surface area (Å²) in [5.41, 5.74) is 0.642. The quantitative estimate of drug-likeness (QED) is 0.635. The first-order valence-electron chi connectivity index (χ1n) is 10.8. The second-order valence-corrected chi connectivity index (χ2v) is 8.17. The van der Waals surface area contributed by atoms with E-state index in [4.69, 9.17) is 9.47 Å². The largest absolute Gasteiger partial charge is 0.436 e. The molecule has 1 spiro atoms. The predicted octanol–water partition coefficient (Wildman–Crippen LogP) is 3.23. The van der Waals surface area contributed by atoms with Crippen LogP contribution < -0.4 is 10.2 Å². The second kappa shape index (κ2) is 9.06. The summed E-state index contributed by atoms with van der Waals surface area (Å²) in [6.45, 7) is 1.20. The highest BCUT2D eigenvalue weighted by molar-refractivity contribution is 5.95. The minimum atomic E-state index is -1.02. The van der Waals surface area contributed by atoms with E-state index in [1.54, 1.807) is 41.6 Å². The molecule has 3 aromatic rings. The molecule has 10 heteroatoms. The van der Waals surface area contributed by atoms with Crippen LogP contribution in [-0.4, -0.2) is 65.3 Å². The third-order valence-corrected chi connectivity index (χ3v) is 5.68. The number of carbonyl (C=O) groups excluding carboxylic acids is 2. The molecule has 3 heterocycles. The lowest BCUT2D eigenvalue weighted by Gasteiger charge is -2.29. The van der Waals surface area contributed by atoms with Gasteiger partial charge in [0.05, 0.1) is 26.3 Å². The smallest absolute Gasteiger partial charge is 0.415 e. The molecule has 2 aliphatic rings. The Morgan fingerprint density at radius 2 is 1.85 bits per heavy atom. The van der Waals surface area contributed by atoms with Gasteiger partial charge in [0.25, 0.3) is 5.91 Å². The Morgan fingerprint density at radius 3 is 2.65 bits per heavy atom. The van der Waals surface area contributed by atoms with Crippen molar-refractivity contribution < 1.29 is 23.5 Å². The molecule has 2 saturated heterocycles. The molecule has 0 bridgehead atoms. The Bertz CT molecular complexity index is 1190. The Labute approximate surface area is 195 Å². The van der Waals surface area contributed by atoms with Gasteiger partial charge in [0.2, 0.25) is 5.95 Å². The van der Waals surface area contributed by atoms with E-state index >= 15 is 0 Å². The van der Waals surface area contributed by atoms with Crippen LogP contribution in [0.4, 0.5) is 26.5 Å². The average molecular weight is 463 g/mol. The van der Waals surface area contributed by atoms with Crippen molar-refractivity contribution in [2.24, 2.45) is 0 Å². The van der Waals surface area contributed by atoms with Gasteiger partial charge in [-0.15, -0.1) is 0 Å². The first-order valence-corrected chi connectivity index (χ1v) is 10.8. The summed E-state index contributed by atoms with van der Waals surface area (Å²) >= 11 is 0. The maximum Gasteiger partial charge on any atom is 0.415 e. The fourth-order valence-corrected chi connectivity index (χ4v) is 4.08. The molecular weight excluding hydrogens is 441 g/mol. The molecule has 1 aromatic heterocycles. The molecular formula is C24H22FN5O4. The minimum absolute atomic E-state index is 0.160. The van der Waals surface area contributed by atoms with Crippen LogP contribution in [0.3, 0.4) is 0 Å². The zero-order valence-corrected chi connectivity index (χ0v) is 18.2. The van der Waals surface area contributed by atoms with E-state index in [-0.39, 0.29) is 25.6 Å². The van der Waals surface area contributed by atoms with Crippen LogP contribution in [0.1, 0.15) is 10.4 Å². The van der Waals surface area contributed by atoms with E-state index in [0.717, 1.165) is 0 Å². The number of hydrogen-bond acceptors (Lipinski definition) is 7. The van der Waals surface area contributed by atoms with Gasteiger partial charge < -0.3 is 19.7 Å². The first-order chi connectivity index (χ1) is 16.5. The third kappa shape index (κ3) is 4.53. The van der Waals surface area contributed by atoms with E-state index in [2.05, 4.69) is 15.3 Å². The van der Waals surface area contributed by atoms with Crippen molar-refractivity contribution in [3.8, 4) is 0 Å². The summed E-state index contributed by atoms with van der Waals surface area (Å²) in [4.78, 5) is 37.4. The molecule has 0 saturated carbocycles. The summed E-state index contributed by atoms with van der Waals surface area (Å²) < 4.78 is 24.8. The lowest BCUT2D eigenvalue weighted by molar-refractivity contribution is -0.0140. The predicted molar refractivity (Wildman–Crippen MR) is 121 cm³/mol. The Hall–Kier alpha value is -4.05. The number of anilines is 3. The summed E-state index contributed by atoms with van der Waals surface area (Å²) in [5, 5.41) is 3.08. The number of hydrogen-bond donors (Lipinski definition) is 1. The number of carbonyl (C=O) groups is 2. The van der Waals surface area contributed by atoms with E-state index in [0.29, 0.717) is 36.0 Å². The number of halogens is 1. The van der Waals surface area contributed by atoms with Crippen LogP contribution in [0.2, 0.25) is 0 Å². The molecule has 1 N–H and O–H groups in total. The van der Waals surface area contributed by atoms with E-state index < -0.39 is 17.5 Å². The highest BCUT2D eigenvalue weighted by atomic mass is 19.1. The molecule has 174 valence electrons. The summed E-state index contributed by atoms with van der Waals surface area (Å²) in [7, 11) is 0. The SMILES string of the molecule is O=C(c1cccc(Nc2ncccn2)c1)N1CCOC[C@@]2(C1)CN(c1ccc(F)cc1)C(=O)O2. The lowest BCUT2D eigenvalue weighted by Crippen LogP contribution is -2.49. The molecule has 5 rings (SSSR count). The maximum absolute atomic E-state index is 13.4. The molecule has 2 amide bonds. The molecule has 2 fully saturated rings. The van der Waals surface area contributed by atoms with E-state index in [1.807, 2.05) is 6.07 Å². The van der Waals surface area contributed by atoms with Crippen molar-refractivity contribution in [3.63, 3.8) is 0 Å². The van der Waals surface area contributed by atoms with Gasteiger partial charge in [0, 0.05) is 35.9 Å². The summed E-state index contributed by atoms with van der Waals surface area (Å²) in [6, 6.07) is 14.4. The highest BCUT2D eigenvalue weighted by Gasteiger charge is 2.49. The van der Waals surface area contributed by atoms with Crippen molar-refractivity contribution in [1.29, 1.82) is 0 Å². The highest BCUT2D eigenvalue weighted by Crippen LogP contribution is 2.31. The minimum Gasteiger partial charge on any atom is -0.436 e. The standard InChI is InChI=1S/C24H22FN5O4/c25-18-5-7-20(8-6-18)30-15-24(34-23(30)32)14-29(11-12-33-16-24)21(31)17-3-1-4-19(13-17)28-22-26-9-2-10-27-22/h1-10,13H,11-12,14-16H2,(H,26,27,28)/t24-/m1/s1. The van der Waals surface area contributed by atoms with Crippen molar-refractivity contribution in [1.82, 2.24) is 14.9 Å². The van der Waals surface area contributed by atoms with Gasteiger partial charge in [-0.1, -0.05) is 6.07 Å². The number of nitrogens with zero attached hydrogens (tertiary/aromatic N) is 4. The van der Waals surface area contributed by atoms with Gasteiger partial charge in [-0.2, -0.15) is 0 Å². The van der Waals surface area contributed by atoms with Crippen LogP contribution in [0.15, 0.2) is 67.0 Å². The van der Waals surface area contributed by atoms with Gasteiger partial charge in [-0.05, 0) is 48.5 Å². The van der Waals surface area contributed by atoms with Gasteiger partial charge >= 0.3 is 6.09 Å². The van der Waals surface area contributed by atoms with E-state index in [1.165, 1.54) is 29.2 Å². The number of ether oxygens (including phenoxy) is 2. The van der Waals surface area contributed by atoms with Gasteiger partial charge in [0.1, 0.15) is 5.82 Å². The van der Waals surface area contributed by atoms with Crippen molar-refractivity contribution >= 4 is 29.3 Å². The fraction of sp³-hybridized carbons (Fsp3) is 0.250. The number of amides is 2. The average Bonchev–Trinajstić information content (AvgIpc) is 3.03. The van der Waals surface area contributed by atoms with Gasteiger partial charge in [0.15, 0.2) is 5.60 Å². The molecule has 0 unspecified atom stereocenters. The number of benzene rings is 2.